The van der Waals surface area contributed by atoms with E-state index in [-0.39, 0.29) is 0 Å². The Morgan fingerprint density at radius 2 is 2.08 bits per heavy atom. The number of hydrogen-bond acceptors (Lipinski definition) is 2. The molecule has 2 heteroatoms. The summed E-state index contributed by atoms with van der Waals surface area (Å²) in [5.74, 6) is 0. The van der Waals surface area contributed by atoms with Gasteiger partial charge in [0.2, 0.25) is 0 Å². The lowest BCUT2D eigenvalue weighted by Crippen LogP contribution is -2.43. The molecule has 0 aromatic heterocycles. The van der Waals surface area contributed by atoms with Crippen LogP contribution in [0.2, 0.25) is 0 Å². The Balaban J connectivity index is 2.12. The lowest BCUT2D eigenvalue weighted by Gasteiger charge is -2.35. The molecule has 72 valence electrons. The van der Waals surface area contributed by atoms with Gasteiger partial charge >= 0.3 is 0 Å². The van der Waals surface area contributed by atoms with Crippen molar-refractivity contribution in [3.05, 3.63) is 23.8 Å². The highest BCUT2D eigenvalue weighted by molar-refractivity contribution is 5.26. The molecule has 0 saturated carbocycles. The number of hydrogen-bond donors (Lipinski definition) is 2. The van der Waals surface area contributed by atoms with Gasteiger partial charge in [-0.25, -0.2) is 0 Å². The van der Waals surface area contributed by atoms with Crippen LogP contribution in [0.1, 0.15) is 25.7 Å². The maximum absolute atomic E-state index is 10.4. The lowest BCUT2D eigenvalue weighted by molar-refractivity contribution is 0.0430. The highest BCUT2D eigenvalue weighted by Crippen LogP contribution is 2.31. The molecular formula is C11H17NO. The Labute approximate surface area is 79.3 Å². The van der Waals surface area contributed by atoms with E-state index in [1.165, 1.54) is 5.57 Å². The van der Waals surface area contributed by atoms with Gasteiger partial charge in [0.15, 0.2) is 0 Å². The van der Waals surface area contributed by atoms with Crippen molar-refractivity contribution in [1.82, 2.24) is 5.32 Å². The molecule has 1 fully saturated rings. The first-order valence-corrected chi connectivity index (χ1v) is 5.10. The normalized spacial score (nSPS) is 27.0. The zero-order chi connectivity index (χ0) is 9.15. The third kappa shape index (κ3) is 1.84. The fourth-order valence-electron chi connectivity index (χ4n) is 2.15. The summed E-state index contributed by atoms with van der Waals surface area (Å²) in [4.78, 5) is 0. The van der Waals surface area contributed by atoms with Crippen LogP contribution < -0.4 is 5.32 Å². The fourth-order valence-corrected chi connectivity index (χ4v) is 2.15. The van der Waals surface area contributed by atoms with Gasteiger partial charge < -0.3 is 10.4 Å². The van der Waals surface area contributed by atoms with Crippen LogP contribution in [0.25, 0.3) is 0 Å². The van der Waals surface area contributed by atoms with Gasteiger partial charge in [-0.05, 0) is 44.3 Å². The third-order valence-electron chi connectivity index (χ3n) is 3.04. The molecule has 13 heavy (non-hydrogen) atoms. The summed E-state index contributed by atoms with van der Waals surface area (Å²) in [6.07, 6.45) is 10.2. The van der Waals surface area contributed by atoms with E-state index >= 15 is 0 Å². The first-order valence-electron chi connectivity index (χ1n) is 5.10. The Morgan fingerprint density at radius 3 is 2.69 bits per heavy atom. The van der Waals surface area contributed by atoms with Gasteiger partial charge in [-0.15, -0.1) is 0 Å². The van der Waals surface area contributed by atoms with E-state index in [1.807, 2.05) is 0 Å². The number of rotatable bonds is 1. The molecule has 0 atom stereocenters. The number of aliphatic hydroxyl groups is 1. The van der Waals surface area contributed by atoms with Crippen LogP contribution in [0.15, 0.2) is 23.8 Å². The minimum atomic E-state index is -0.504. The molecule has 1 aliphatic heterocycles. The summed E-state index contributed by atoms with van der Waals surface area (Å²) in [5.41, 5.74) is 0.729. The standard InChI is InChI=1S/C11H17NO/c13-11(6-8-12-9-7-11)10-4-2-1-3-5-10/h1-2,4,12-13H,3,5-9H2. The average molecular weight is 179 g/mol. The molecule has 0 radical (unpaired) electrons. The van der Waals surface area contributed by atoms with Gasteiger partial charge in [-0.3, -0.25) is 0 Å². The number of piperidine rings is 1. The topological polar surface area (TPSA) is 32.3 Å². The SMILES string of the molecule is OC1(C2=CC=CCC2)CCNCC1. The van der Waals surface area contributed by atoms with Gasteiger partial charge in [0.1, 0.15) is 0 Å². The largest absolute Gasteiger partial charge is 0.385 e. The zero-order valence-corrected chi connectivity index (χ0v) is 7.92. The van der Waals surface area contributed by atoms with Crippen molar-refractivity contribution in [1.29, 1.82) is 0 Å². The van der Waals surface area contributed by atoms with Gasteiger partial charge in [-0.2, -0.15) is 0 Å². The van der Waals surface area contributed by atoms with Gasteiger partial charge in [0.25, 0.3) is 0 Å². The van der Waals surface area contributed by atoms with Crippen molar-refractivity contribution in [3.63, 3.8) is 0 Å². The summed E-state index contributed by atoms with van der Waals surface area (Å²) in [6, 6.07) is 0. The average Bonchev–Trinajstić information content (AvgIpc) is 2.20. The zero-order valence-electron chi connectivity index (χ0n) is 7.92. The molecule has 0 aromatic rings. The Bertz CT molecular complexity index is 236. The minimum Gasteiger partial charge on any atom is -0.385 e. The van der Waals surface area contributed by atoms with Crippen molar-refractivity contribution >= 4 is 0 Å². The molecule has 0 bridgehead atoms. The maximum Gasteiger partial charge on any atom is 0.0884 e. The van der Waals surface area contributed by atoms with Crippen LogP contribution in [0, 0.1) is 0 Å². The van der Waals surface area contributed by atoms with Crippen LogP contribution >= 0.6 is 0 Å². The molecule has 1 saturated heterocycles. The van der Waals surface area contributed by atoms with E-state index in [1.54, 1.807) is 0 Å². The van der Waals surface area contributed by atoms with Crippen LogP contribution in [0.4, 0.5) is 0 Å². The van der Waals surface area contributed by atoms with Gasteiger partial charge in [0, 0.05) is 0 Å². The van der Waals surface area contributed by atoms with E-state index < -0.39 is 5.60 Å². The maximum atomic E-state index is 10.4. The molecule has 2 aliphatic rings. The van der Waals surface area contributed by atoms with Crippen molar-refractivity contribution in [2.24, 2.45) is 0 Å². The summed E-state index contributed by atoms with van der Waals surface area (Å²) in [6.45, 7) is 1.88. The second kappa shape index (κ2) is 3.64. The molecule has 0 spiro atoms. The second-order valence-corrected chi connectivity index (χ2v) is 3.94. The Hall–Kier alpha value is -0.600. The Morgan fingerprint density at radius 1 is 1.31 bits per heavy atom. The fraction of sp³-hybridized carbons (Fsp3) is 0.636. The highest BCUT2D eigenvalue weighted by atomic mass is 16.3. The molecule has 0 aromatic carbocycles. The van der Waals surface area contributed by atoms with Gasteiger partial charge in [-0.1, -0.05) is 18.2 Å². The smallest absolute Gasteiger partial charge is 0.0884 e. The van der Waals surface area contributed by atoms with E-state index in [2.05, 4.69) is 23.5 Å². The van der Waals surface area contributed by atoms with Crippen LogP contribution in [0.5, 0.6) is 0 Å². The minimum absolute atomic E-state index is 0.504. The Kier molecular flexibility index (Phi) is 2.51. The summed E-state index contributed by atoms with van der Waals surface area (Å²) >= 11 is 0. The molecule has 0 unspecified atom stereocenters. The molecule has 1 heterocycles. The van der Waals surface area contributed by atoms with Gasteiger partial charge in [0.05, 0.1) is 5.60 Å². The van der Waals surface area contributed by atoms with Crippen molar-refractivity contribution < 1.29 is 5.11 Å². The molecule has 2 rings (SSSR count). The molecule has 0 amide bonds. The summed E-state index contributed by atoms with van der Waals surface area (Å²) in [7, 11) is 0. The van der Waals surface area contributed by atoms with Crippen LogP contribution in [-0.2, 0) is 0 Å². The lowest BCUT2D eigenvalue weighted by atomic mass is 9.81. The number of allylic oxidation sites excluding steroid dienone is 3. The highest BCUT2D eigenvalue weighted by Gasteiger charge is 2.32. The van der Waals surface area contributed by atoms with Crippen molar-refractivity contribution in [3.8, 4) is 0 Å². The van der Waals surface area contributed by atoms with E-state index in [0.717, 1.165) is 38.8 Å². The summed E-state index contributed by atoms with van der Waals surface area (Å²) < 4.78 is 0. The second-order valence-electron chi connectivity index (χ2n) is 3.94. The predicted molar refractivity (Wildman–Crippen MR) is 53.5 cm³/mol. The van der Waals surface area contributed by atoms with Crippen LogP contribution in [-0.4, -0.2) is 23.8 Å². The predicted octanol–water partition coefficient (Wildman–Crippen LogP) is 1.38. The molecular weight excluding hydrogens is 162 g/mol. The van der Waals surface area contributed by atoms with Crippen LogP contribution in [0.3, 0.4) is 0 Å². The van der Waals surface area contributed by atoms with Crippen molar-refractivity contribution in [2.45, 2.75) is 31.3 Å². The molecule has 2 N–H and O–H groups in total. The quantitative estimate of drug-likeness (QED) is 0.637. The first kappa shape index (κ1) is 8.97. The number of nitrogens with one attached hydrogen (secondary N) is 1. The first-order chi connectivity index (χ1) is 6.31. The van der Waals surface area contributed by atoms with E-state index in [4.69, 9.17) is 0 Å². The van der Waals surface area contributed by atoms with E-state index in [9.17, 15) is 5.11 Å². The molecule has 1 aliphatic carbocycles. The van der Waals surface area contributed by atoms with E-state index in [0.29, 0.717) is 0 Å². The third-order valence-corrected chi connectivity index (χ3v) is 3.04. The molecule has 2 nitrogen and oxygen atoms in total. The van der Waals surface area contributed by atoms with Crippen molar-refractivity contribution in [2.75, 3.05) is 13.1 Å². The monoisotopic (exact) mass is 179 g/mol. The summed E-state index contributed by atoms with van der Waals surface area (Å²) in [5, 5.41) is 13.6.